The van der Waals surface area contributed by atoms with Gasteiger partial charge >= 0.3 is 0 Å². The Morgan fingerprint density at radius 3 is 2.48 bits per heavy atom. The Balaban J connectivity index is 0.00000480. The summed E-state index contributed by atoms with van der Waals surface area (Å²) in [7, 11) is 3.50. The highest BCUT2D eigenvalue weighted by molar-refractivity contribution is 14.0. The predicted molar refractivity (Wildman–Crippen MR) is 136 cm³/mol. The third kappa shape index (κ3) is 12.9. The maximum Gasteiger partial charge on any atom is 0.243 e. The molecule has 0 unspecified atom stereocenters. The zero-order valence-electron chi connectivity index (χ0n) is 19.0. The summed E-state index contributed by atoms with van der Waals surface area (Å²) in [5.74, 6) is 0.724. The molecule has 1 fully saturated rings. The Labute approximate surface area is 204 Å². The smallest absolute Gasteiger partial charge is 0.243 e. The summed E-state index contributed by atoms with van der Waals surface area (Å²) in [5, 5.41) is 6.83. The van der Waals surface area contributed by atoms with Gasteiger partial charge in [0.2, 0.25) is 5.91 Å². The van der Waals surface area contributed by atoms with Crippen molar-refractivity contribution >= 4 is 35.8 Å². The van der Waals surface area contributed by atoms with Gasteiger partial charge in [-0.3, -0.25) is 4.79 Å². The maximum absolute atomic E-state index is 11.9. The minimum atomic E-state index is -0.00131. The Morgan fingerprint density at radius 2 is 1.77 bits per heavy atom. The second-order valence-corrected chi connectivity index (χ2v) is 7.86. The number of aliphatic imine (C=N–C) groups is 1. The normalized spacial score (nSPS) is 14.6. The molecule has 1 aromatic carbocycles. The molecule has 1 aliphatic carbocycles. The molecule has 2 N–H and O–H groups in total. The van der Waals surface area contributed by atoms with Crippen LogP contribution in [0.5, 0.6) is 0 Å². The number of carbonyl (C=O) groups excluding carboxylic acids is 1. The first kappa shape index (κ1) is 27.6. The van der Waals surface area contributed by atoms with Gasteiger partial charge in [-0.2, -0.15) is 0 Å². The molecule has 176 valence electrons. The molecular weight excluding hydrogens is 507 g/mol. The monoisotopic (exact) mass is 546 g/mol. The minimum Gasteiger partial charge on any atom is -0.379 e. The number of rotatable bonds is 12. The van der Waals surface area contributed by atoms with Crippen LogP contribution in [-0.4, -0.2) is 69.8 Å². The molecule has 0 bridgehead atoms. The predicted octanol–water partition coefficient (Wildman–Crippen LogP) is 3.18. The van der Waals surface area contributed by atoms with Gasteiger partial charge in [0.05, 0.1) is 19.8 Å². The number of guanidine groups is 1. The molecule has 0 aromatic heterocycles. The average molecular weight is 546 g/mol. The maximum atomic E-state index is 11.9. The summed E-state index contributed by atoms with van der Waals surface area (Å²) >= 11 is 0. The first-order valence-electron chi connectivity index (χ1n) is 11.1. The molecule has 1 amide bonds. The Bertz CT molecular complexity index is 623. The number of likely N-dealkylation sites (N-methyl/N-ethyl adjacent to an activating group) is 1. The molecule has 2 rings (SSSR count). The van der Waals surface area contributed by atoms with Gasteiger partial charge in [0.15, 0.2) is 5.96 Å². The van der Waals surface area contributed by atoms with Crippen LogP contribution in [0, 0.1) is 0 Å². The number of amides is 1. The van der Waals surface area contributed by atoms with Crippen molar-refractivity contribution in [3.63, 3.8) is 0 Å². The van der Waals surface area contributed by atoms with Crippen LogP contribution in [0.2, 0.25) is 0 Å². The lowest BCUT2D eigenvalue weighted by Crippen LogP contribution is -2.45. The summed E-state index contributed by atoms with van der Waals surface area (Å²) in [6, 6.07) is 10.6. The number of ether oxygens (including phenoxy) is 2. The fraction of sp³-hybridized carbons (Fsp3) is 0.652. The third-order valence-electron chi connectivity index (χ3n) is 5.06. The van der Waals surface area contributed by atoms with Gasteiger partial charge in [-0.15, -0.1) is 24.0 Å². The van der Waals surface area contributed by atoms with E-state index >= 15 is 0 Å². The lowest BCUT2D eigenvalue weighted by atomic mass is 9.96. The van der Waals surface area contributed by atoms with Gasteiger partial charge in [0, 0.05) is 33.3 Å². The van der Waals surface area contributed by atoms with Crippen molar-refractivity contribution in [1.82, 2.24) is 15.5 Å². The summed E-state index contributed by atoms with van der Waals surface area (Å²) in [4.78, 5) is 17.9. The van der Waals surface area contributed by atoms with E-state index in [-0.39, 0.29) is 36.4 Å². The highest BCUT2D eigenvalue weighted by Gasteiger charge is 2.15. The molecule has 31 heavy (non-hydrogen) atoms. The van der Waals surface area contributed by atoms with Crippen LogP contribution >= 0.6 is 24.0 Å². The van der Waals surface area contributed by atoms with Crippen LogP contribution in [0.3, 0.4) is 0 Å². The first-order chi connectivity index (χ1) is 14.6. The average Bonchev–Trinajstić information content (AvgIpc) is 2.77. The summed E-state index contributed by atoms with van der Waals surface area (Å²) < 4.78 is 11.3. The van der Waals surface area contributed by atoms with Gasteiger partial charge in [-0.05, 0) is 24.8 Å². The SMILES string of the molecule is CN(C)C(=O)CN=C(NCCCOCCOCc1ccccc1)NC1CCCCC1.I. The highest BCUT2D eigenvalue weighted by atomic mass is 127. The minimum absolute atomic E-state index is 0. The zero-order chi connectivity index (χ0) is 21.4. The first-order valence-corrected chi connectivity index (χ1v) is 11.1. The van der Waals surface area contributed by atoms with Crippen molar-refractivity contribution in [3.8, 4) is 0 Å². The van der Waals surface area contributed by atoms with Gasteiger partial charge in [-0.1, -0.05) is 49.6 Å². The summed E-state index contributed by atoms with van der Waals surface area (Å²) in [5.41, 5.74) is 1.17. The second kappa shape index (κ2) is 17.2. The lowest BCUT2D eigenvalue weighted by Gasteiger charge is -2.25. The van der Waals surface area contributed by atoms with E-state index in [1.807, 2.05) is 18.2 Å². The van der Waals surface area contributed by atoms with Crippen LogP contribution in [0.1, 0.15) is 44.1 Å². The second-order valence-electron chi connectivity index (χ2n) is 7.86. The van der Waals surface area contributed by atoms with Crippen LogP contribution in [0.25, 0.3) is 0 Å². The largest absolute Gasteiger partial charge is 0.379 e. The van der Waals surface area contributed by atoms with Crippen molar-refractivity contribution in [3.05, 3.63) is 35.9 Å². The number of benzene rings is 1. The van der Waals surface area contributed by atoms with Crippen molar-refractivity contribution in [1.29, 1.82) is 0 Å². The molecule has 7 nitrogen and oxygen atoms in total. The van der Waals surface area contributed by atoms with Crippen molar-refractivity contribution in [2.24, 2.45) is 4.99 Å². The Hall–Kier alpha value is -1.39. The molecule has 1 saturated carbocycles. The van der Waals surface area contributed by atoms with Crippen LogP contribution in [-0.2, 0) is 20.9 Å². The van der Waals surface area contributed by atoms with E-state index in [4.69, 9.17) is 9.47 Å². The zero-order valence-corrected chi connectivity index (χ0v) is 21.3. The van der Waals surface area contributed by atoms with E-state index < -0.39 is 0 Å². The van der Waals surface area contributed by atoms with E-state index in [0.29, 0.717) is 32.5 Å². The molecule has 0 aliphatic heterocycles. The topological polar surface area (TPSA) is 75.2 Å². The van der Waals surface area contributed by atoms with E-state index in [1.165, 1.54) is 24.8 Å². The van der Waals surface area contributed by atoms with Crippen molar-refractivity contribution in [2.75, 3.05) is 47.0 Å². The summed E-state index contributed by atoms with van der Waals surface area (Å²) in [6.45, 7) is 3.36. The number of halogens is 1. The fourth-order valence-electron chi connectivity index (χ4n) is 3.25. The quantitative estimate of drug-likeness (QED) is 0.182. The molecule has 0 spiro atoms. The fourth-order valence-corrected chi connectivity index (χ4v) is 3.25. The molecular formula is C23H39IN4O3. The number of hydrogen-bond donors (Lipinski definition) is 2. The molecule has 0 radical (unpaired) electrons. The number of carbonyl (C=O) groups is 1. The third-order valence-corrected chi connectivity index (χ3v) is 5.06. The van der Waals surface area contributed by atoms with E-state index in [9.17, 15) is 4.79 Å². The van der Waals surface area contributed by atoms with Crippen LogP contribution in [0.15, 0.2) is 35.3 Å². The molecule has 0 atom stereocenters. The standard InChI is InChI=1S/C23H38N4O3.HI/c1-27(2)22(28)18-25-23(26-21-12-7-4-8-13-21)24-14-9-15-29-16-17-30-19-20-10-5-3-6-11-20;/h3,5-6,10-11,21H,4,7-9,12-19H2,1-2H3,(H2,24,25,26);1H. The number of nitrogens with one attached hydrogen (secondary N) is 2. The van der Waals surface area contributed by atoms with Gasteiger partial charge in [0.25, 0.3) is 0 Å². The summed E-state index contributed by atoms with van der Waals surface area (Å²) in [6.07, 6.45) is 7.00. The van der Waals surface area contributed by atoms with Crippen molar-refractivity contribution in [2.45, 2.75) is 51.2 Å². The van der Waals surface area contributed by atoms with Crippen molar-refractivity contribution < 1.29 is 14.3 Å². The Kier molecular flexibility index (Phi) is 15.3. The molecule has 1 aliphatic rings. The molecule has 0 saturated heterocycles. The van der Waals surface area contributed by atoms with Crippen LogP contribution in [0.4, 0.5) is 0 Å². The molecule has 8 heteroatoms. The van der Waals surface area contributed by atoms with E-state index in [0.717, 1.165) is 31.8 Å². The highest BCUT2D eigenvalue weighted by Crippen LogP contribution is 2.17. The lowest BCUT2D eigenvalue weighted by molar-refractivity contribution is -0.127. The van der Waals surface area contributed by atoms with Gasteiger partial charge in [-0.25, -0.2) is 4.99 Å². The van der Waals surface area contributed by atoms with E-state index in [1.54, 1.807) is 19.0 Å². The molecule has 1 aromatic rings. The van der Waals surface area contributed by atoms with Crippen LogP contribution < -0.4 is 10.6 Å². The Morgan fingerprint density at radius 1 is 1.06 bits per heavy atom. The van der Waals surface area contributed by atoms with E-state index in [2.05, 4.69) is 27.8 Å². The number of nitrogens with zero attached hydrogens (tertiary/aromatic N) is 2. The number of hydrogen-bond acceptors (Lipinski definition) is 4. The van der Waals surface area contributed by atoms with Gasteiger partial charge in [0.1, 0.15) is 6.54 Å². The van der Waals surface area contributed by atoms with Gasteiger partial charge < -0.3 is 25.0 Å². The molecule has 0 heterocycles.